The molecule has 1 heterocycles. The van der Waals surface area contributed by atoms with Gasteiger partial charge in [-0.05, 0) is 102 Å². The minimum atomic E-state index is -1.89. The third-order valence-corrected chi connectivity index (χ3v) is 18.1. The minimum Gasteiger partial charge on any atom is -0.376 e. The molecule has 0 radical (unpaired) electrons. The second-order valence-corrected chi connectivity index (χ2v) is 18.8. The maximum absolute atomic E-state index is 6.00. The first-order valence-electron chi connectivity index (χ1n) is 15.3. The van der Waals surface area contributed by atoms with Crippen LogP contribution in [0.1, 0.15) is 98.6 Å². The lowest BCUT2D eigenvalue weighted by Gasteiger charge is -2.70. The summed E-state index contributed by atoms with van der Waals surface area (Å²) in [5, 5.41) is 0.534. The highest BCUT2D eigenvalue weighted by molar-refractivity contribution is 6.89. The van der Waals surface area contributed by atoms with Crippen molar-refractivity contribution in [3.8, 4) is 11.1 Å². The summed E-state index contributed by atoms with van der Waals surface area (Å²) in [6, 6.07) is 19.6. The van der Waals surface area contributed by atoms with E-state index in [1.165, 1.54) is 54.8 Å². The van der Waals surface area contributed by atoms with Crippen LogP contribution in [0.3, 0.4) is 0 Å². The molecule has 0 amide bonds. The van der Waals surface area contributed by atoms with Gasteiger partial charge in [-0.25, -0.2) is 0 Å². The Labute approximate surface area is 239 Å². The Morgan fingerprint density at radius 1 is 0.769 bits per heavy atom. The van der Waals surface area contributed by atoms with Crippen molar-refractivity contribution in [3.05, 3.63) is 87.5 Å². The summed E-state index contributed by atoms with van der Waals surface area (Å²) in [6.07, 6.45) is 8.93. The second kappa shape index (κ2) is 10.0. The first kappa shape index (κ1) is 28.4. The van der Waals surface area contributed by atoms with Crippen LogP contribution >= 0.6 is 0 Å². The molecule has 1 nitrogen and oxygen atoms in total. The molecule has 2 aliphatic carbocycles. The maximum Gasteiger partial charge on any atom is 0.0824 e. The molecule has 2 unspecified atom stereocenters. The Kier molecular flexibility index (Phi) is 7.30. The first-order valence-corrected chi connectivity index (χ1v) is 18.0. The van der Waals surface area contributed by atoms with Gasteiger partial charge in [-0.2, -0.15) is 0 Å². The van der Waals surface area contributed by atoms with Gasteiger partial charge in [0.25, 0.3) is 0 Å². The molecule has 2 aromatic carbocycles. The van der Waals surface area contributed by atoms with E-state index in [9.17, 15) is 0 Å². The van der Waals surface area contributed by atoms with E-state index in [-0.39, 0.29) is 10.6 Å². The molecule has 2 spiro atoms. The predicted molar refractivity (Wildman–Crippen MR) is 172 cm³/mol. The fourth-order valence-electron chi connectivity index (χ4n) is 8.84. The lowest BCUT2D eigenvalue weighted by atomic mass is 9.77. The van der Waals surface area contributed by atoms with Crippen molar-refractivity contribution in [3.63, 3.8) is 0 Å². The van der Waals surface area contributed by atoms with Crippen LogP contribution in [0.15, 0.2) is 76.4 Å². The molecule has 1 saturated heterocycles. The Morgan fingerprint density at radius 3 is 2.05 bits per heavy atom. The molecule has 1 fully saturated rings. The summed E-state index contributed by atoms with van der Waals surface area (Å²) in [5.41, 5.74) is 14.0. The van der Waals surface area contributed by atoms with E-state index in [0.29, 0.717) is 5.04 Å². The van der Waals surface area contributed by atoms with Gasteiger partial charge in [0.15, 0.2) is 0 Å². The zero-order valence-electron chi connectivity index (χ0n) is 26.1. The highest BCUT2D eigenvalue weighted by Crippen LogP contribution is 2.79. The van der Waals surface area contributed by atoms with Crippen LogP contribution in [-0.4, -0.2) is 20.3 Å². The smallest absolute Gasteiger partial charge is 0.0824 e. The summed E-state index contributed by atoms with van der Waals surface area (Å²) in [5.74, 6) is 0. The van der Waals surface area contributed by atoms with Crippen molar-refractivity contribution in [1.82, 2.24) is 0 Å². The molecule has 1 aliphatic heterocycles. The lowest BCUT2D eigenvalue weighted by molar-refractivity contribution is -0.00471. The van der Waals surface area contributed by atoms with Crippen molar-refractivity contribution >= 4 is 14.1 Å². The van der Waals surface area contributed by atoms with E-state index >= 15 is 0 Å². The molecule has 2 heteroatoms. The van der Waals surface area contributed by atoms with Gasteiger partial charge < -0.3 is 4.74 Å². The van der Waals surface area contributed by atoms with Crippen molar-refractivity contribution in [2.24, 2.45) is 0 Å². The van der Waals surface area contributed by atoms with Crippen LogP contribution in [0.4, 0.5) is 0 Å². The average molecular weight is 539 g/mol. The zero-order valence-corrected chi connectivity index (χ0v) is 27.1. The van der Waals surface area contributed by atoms with Crippen LogP contribution in [0.2, 0.25) is 17.6 Å². The SMILES string of the molecule is CC1=Cc2c(-c3ccccc3)cccc2C12CC1(C(C)=C(C)C(C)=C1C)[Si]2(C)CCCCCCOC(C)(C)C. The fourth-order valence-corrected chi connectivity index (χ4v) is 16.2. The van der Waals surface area contributed by atoms with Gasteiger partial charge in [-0.3, -0.25) is 0 Å². The number of rotatable bonds is 8. The highest BCUT2D eigenvalue weighted by atomic mass is 28.3. The quantitative estimate of drug-likeness (QED) is 0.240. The van der Waals surface area contributed by atoms with Gasteiger partial charge in [0.2, 0.25) is 0 Å². The van der Waals surface area contributed by atoms with Crippen LogP contribution in [0.5, 0.6) is 0 Å². The van der Waals surface area contributed by atoms with E-state index in [4.69, 9.17) is 4.74 Å². The molecule has 5 rings (SSSR count). The molecular formula is C37H50OSi. The third kappa shape index (κ3) is 4.12. The molecule has 0 aromatic heterocycles. The van der Waals surface area contributed by atoms with Gasteiger partial charge in [0.1, 0.15) is 0 Å². The van der Waals surface area contributed by atoms with E-state index < -0.39 is 8.07 Å². The van der Waals surface area contributed by atoms with E-state index in [1.54, 1.807) is 33.4 Å². The highest BCUT2D eigenvalue weighted by Gasteiger charge is 2.76. The van der Waals surface area contributed by atoms with Crippen molar-refractivity contribution < 1.29 is 4.74 Å². The molecule has 0 bridgehead atoms. The van der Waals surface area contributed by atoms with Crippen molar-refractivity contribution in [2.75, 3.05) is 6.61 Å². The Balaban J connectivity index is 1.50. The van der Waals surface area contributed by atoms with Gasteiger partial charge in [0.05, 0.1) is 13.7 Å². The zero-order chi connectivity index (χ0) is 28.2. The van der Waals surface area contributed by atoms with Crippen LogP contribution in [0, 0.1) is 0 Å². The van der Waals surface area contributed by atoms with Crippen LogP contribution < -0.4 is 0 Å². The maximum atomic E-state index is 6.00. The number of unbranched alkanes of at least 4 members (excludes halogenated alkanes) is 3. The predicted octanol–water partition coefficient (Wildman–Crippen LogP) is 10.8. The van der Waals surface area contributed by atoms with E-state index in [0.717, 1.165) is 6.61 Å². The molecule has 2 aromatic rings. The third-order valence-electron chi connectivity index (χ3n) is 11.2. The van der Waals surface area contributed by atoms with Gasteiger partial charge >= 0.3 is 0 Å². The number of allylic oxidation sites excluding steroid dienone is 5. The minimum absolute atomic E-state index is 0.0324. The molecule has 2 atom stereocenters. The van der Waals surface area contributed by atoms with Crippen LogP contribution in [0.25, 0.3) is 17.2 Å². The van der Waals surface area contributed by atoms with Gasteiger partial charge in [-0.15, -0.1) is 0 Å². The normalized spacial score (nSPS) is 25.5. The van der Waals surface area contributed by atoms with E-state index in [2.05, 4.69) is 117 Å². The number of benzene rings is 2. The Hall–Kier alpha value is -2.16. The number of ether oxygens (including phenoxy) is 1. The van der Waals surface area contributed by atoms with Gasteiger partial charge in [0, 0.05) is 16.7 Å². The topological polar surface area (TPSA) is 9.23 Å². The average Bonchev–Trinajstić information content (AvgIpc) is 3.30. The van der Waals surface area contributed by atoms with Crippen LogP contribution in [-0.2, 0) is 9.78 Å². The van der Waals surface area contributed by atoms with Crippen molar-refractivity contribution in [1.29, 1.82) is 0 Å². The lowest BCUT2D eigenvalue weighted by Crippen LogP contribution is -2.72. The number of fused-ring (bicyclic) bond motifs is 2. The summed E-state index contributed by atoms with van der Waals surface area (Å²) in [4.78, 5) is 0. The number of hydrogen-bond acceptors (Lipinski definition) is 1. The number of hydrogen-bond donors (Lipinski definition) is 0. The van der Waals surface area contributed by atoms with Crippen molar-refractivity contribution in [2.45, 2.75) is 116 Å². The fraction of sp³-hybridized carbons (Fsp3) is 0.514. The first-order chi connectivity index (χ1) is 18.4. The molecule has 39 heavy (non-hydrogen) atoms. The molecule has 0 saturated carbocycles. The summed E-state index contributed by atoms with van der Waals surface area (Å²) < 4.78 is 6.00. The summed E-state index contributed by atoms with van der Waals surface area (Å²) in [6.45, 7) is 22.3. The Bertz CT molecular complexity index is 1330. The summed E-state index contributed by atoms with van der Waals surface area (Å²) in [7, 11) is -1.89. The standard InChI is InChI=1S/C37H50OSi/c1-26-24-33-32(31-18-13-12-14-19-31)20-17-21-34(33)36(26)25-37(29(4)27(2)28(3)30(37)5)39(36,9)23-16-11-10-15-22-38-35(6,7)8/h12-14,17-21,24H,10-11,15-16,22-23,25H2,1-9H3. The second-order valence-electron chi connectivity index (χ2n) is 13.9. The Morgan fingerprint density at radius 2 is 1.41 bits per heavy atom. The van der Waals surface area contributed by atoms with Gasteiger partial charge in [-0.1, -0.05) is 103 Å². The molecule has 0 N–H and O–H groups in total. The summed E-state index contributed by atoms with van der Waals surface area (Å²) >= 11 is 0. The largest absolute Gasteiger partial charge is 0.376 e. The molecular weight excluding hydrogens is 488 g/mol. The van der Waals surface area contributed by atoms with E-state index in [1.807, 2.05) is 0 Å². The molecule has 3 aliphatic rings. The molecule has 208 valence electrons. The monoisotopic (exact) mass is 538 g/mol.